The summed E-state index contributed by atoms with van der Waals surface area (Å²) in [5.74, 6) is 0.681. The highest BCUT2D eigenvalue weighted by molar-refractivity contribution is 7.99. The molecule has 0 bridgehead atoms. The summed E-state index contributed by atoms with van der Waals surface area (Å²) in [6.07, 6.45) is 2.00. The van der Waals surface area contributed by atoms with Crippen LogP contribution in [0.1, 0.15) is 17.5 Å². The summed E-state index contributed by atoms with van der Waals surface area (Å²) in [6.45, 7) is 4.10. The summed E-state index contributed by atoms with van der Waals surface area (Å²) in [5.41, 5.74) is 5.19. The van der Waals surface area contributed by atoms with Crippen LogP contribution in [-0.4, -0.2) is 21.6 Å². The van der Waals surface area contributed by atoms with Crippen LogP contribution < -0.4 is 5.32 Å². The van der Waals surface area contributed by atoms with Gasteiger partial charge in [0.25, 0.3) is 0 Å². The largest absolute Gasteiger partial charge is 0.326 e. The molecule has 0 saturated heterocycles. The zero-order chi connectivity index (χ0) is 18.4. The summed E-state index contributed by atoms with van der Waals surface area (Å²) >= 11 is 1.56. The standard InChI is InChI=1S/C21H21N3OS/c1-15-8-9-18(12-16(15)2)24-20(25)10-11-26-21-13-19(22-14-23-21)17-6-4-3-5-7-17/h3-9,12-14H,10-11H2,1-2H3,(H,24,25). The maximum atomic E-state index is 12.1. The van der Waals surface area contributed by atoms with Crippen molar-refractivity contribution in [2.24, 2.45) is 0 Å². The van der Waals surface area contributed by atoms with E-state index in [9.17, 15) is 4.79 Å². The molecule has 0 spiro atoms. The van der Waals surface area contributed by atoms with Crippen LogP contribution >= 0.6 is 11.8 Å². The number of nitrogens with one attached hydrogen (secondary N) is 1. The molecule has 0 radical (unpaired) electrons. The topological polar surface area (TPSA) is 54.9 Å². The van der Waals surface area contributed by atoms with Crippen LogP contribution in [0.3, 0.4) is 0 Å². The van der Waals surface area contributed by atoms with Crippen LogP contribution in [0.25, 0.3) is 11.3 Å². The second-order valence-electron chi connectivity index (χ2n) is 6.05. The SMILES string of the molecule is Cc1ccc(NC(=O)CCSc2cc(-c3ccccc3)ncn2)cc1C. The first-order valence-electron chi connectivity index (χ1n) is 8.49. The third-order valence-corrected chi connectivity index (χ3v) is 5.01. The Kier molecular flexibility index (Phi) is 6.02. The molecule has 0 atom stereocenters. The summed E-state index contributed by atoms with van der Waals surface area (Å²) in [7, 11) is 0. The first-order chi connectivity index (χ1) is 12.6. The number of benzene rings is 2. The molecule has 3 rings (SSSR count). The van der Waals surface area contributed by atoms with Crippen LogP contribution in [0.15, 0.2) is 66.0 Å². The molecule has 26 heavy (non-hydrogen) atoms. The highest BCUT2D eigenvalue weighted by atomic mass is 32.2. The second kappa shape index (κ2) is 8.63. The molecule has 4 nitrogen and oxygen atoms in total. The fraction of sp³-hybridized carbons (Fsp3) is 0.190. The average molecular weight is 363 g/mol. The molecule has 0 aliphatic rings. The quantitative estimate of drug-likeness (QED) is 0.501. The van der Waals surface area contributed by atoms with E-state index in [1.165, 1.54) is 11.1 Å². The van der Waals surface area contributed by atoms with E-state index < -0.39 is 0 Å². The molecule has 0 aliphatic carbocycles. The maximum absolute atomic E-state index is 12.1. The van der Waals surface area contributed by atoms with Crippen molar-refractivity contribution in [2.45, 2.75) is 25.3 Å². The molecule has 132 valence electrons. The summed E-state index contributed by atoms with van der Waals surface area (Å²) < 4.78 is 0. The Balaban J connectivity index is 1.53. The Hall–Kier alpha value is -2.66. The van der Waals surface area contributed by atoms with Gasteiger partial charge < -0.3 is 5.32 Å². The van der Waals surface area contributed by atoms with E-state index >= 15 is 0 Å². The first kappa shape index (κ1) is 18.1. The van der Waals surface area contributed by atoms with Crippen molar-refractivity contribution in [3.8, 4) is 11.3 Å². The number of aryl methyl sites for hydroxylation is 2. The van der Waals surface area contributed by atoms with Crippen molar-refractivity contribution in [3.05, 3.63) is 72.1 Å². The van der Waals surface area contributed by atoms with Gasteiger partial charge in [-0.25, -0.2) is 9.97 Å². The molecule has 1 N–H and O–H groups in total. The average Bonchev–Trinajstić information content (AvgIpc) is 2.66. The minimum Gasteiger partial charge on any atom is -0.326 e. The van der Waals surface area contributed by atoms with Gasteiger partial charge in [-0.3, -0.25) is 4.79 Å². The zero-order valence-electron chi connectivity index (χ0n) is 14.9. The lowest BCUT2D eigenvalue weighted by Crippen LogP contribution is -2.12. The predicted molar refractivity (Wildman–Crippen MR) is 107 cm³/mol. The smallest absolute Gasteiger partial charge is 0.225 e. The third kappa shape index (κ3) is 4.92. The van der Waals surface area contributed by atoms with E-state index in [2.05, 4.69) is 22.2 Å². The van der Waals surface area contributed by atoms with Gasteiger partial charge >= 0.3 is 0 Å². The van der Waals surface area contributed by atoms with E-state index in [0.717, 1.165) is 22.0 Å². The number of aromatic nitrogens is 2. The third-order valence-electron chi connectivity index (χ3n) is 4.08. The summed E-state index contributed by atoms with van der Waals surface area (Å²) in [4.78, 5) is 20.7. The highest BCUT2D eigenvalue weighted by Gasteiger charge is 2.06. The normalized spacial score (nSPS) is 10.5. The predicted octanol–water partition coefficient (Wildman–Crippen LogP) is 4.88. The van der Waals surface area contributed by atoms with Gasteiger partial charge in [-0.15, -0.1) is 11.8 Å². The van der Waals surface area contributed by atoms with Gasteiger partial charge in [0.15, 0.2) is 0 Å². The lowest BCUT2D eigenvalue weighted by molar-refractivity contribution is -0.115. The van der Waals surface area contributed by atoms with Gasteiger partial charge in [-0.1, -0.05) is 36.4 Å². The number of rotatable bonds is 6. The van der Waals surface area contributed by atoms with Crippen LogP contribution in [0.5, 0.6) is 0 Å². The number of hydrogen-bond donors (Lipinski definition) is 1. The molecule has 3 aromatic rings. The minimum atomic E-state index is 0.0121. The Labute approximate surface area is 158 Å². The van der Waals surface area contributed by atoms with E-state index in [4.69, 9.17) is 0 Å². The van der Waals surface area contributed by atoms with Gasteiger partial charge in [-0.05, 0) is 43.2 Å². The molecule has 5 heteroatoms. The lowest BCUT2D eigenvalue weighted by atomic mass is 10.1. The fourth-order valence-corrected chi connectivity index (χ4v) is 3.29. The number of carbonyl (C=O) groups excluding carboxylic acids is 1. The highest BCUT2D eigenvalue weighted by Crippen LogP contribution is 2.22. The number of thioether (sulfide) groups is 1. The van der Waals surface area contributed by atoms with Crippen molar-refractivity contribution >= 4 is 23.4 Å². The van der Waals surface area contributed by atoms with E-state index in [-0.39, 0.29) is 5.91 Å². The number of carbonyl (C=O) groups is 1. The zero-order valence-corrected chi connectivity index (χ0v) is 15.7. The van der Waals surface area contributed by atoms with Crippen LogP contribution in [0, 0.1) is 13.8 Å². The Morgan fingerprint density at radius 3 is 2.58 bits per heavy atom. The number of anilines is 1. The fourth-order valence-electron chi connectivity index (χ4n) is 2.48. The Bertz CT molecular complexity index is 897. The van der Waals surface area contributed by atoms with Gasteiger partial charge in [0.1, 0.15) is 6.33 Å². The molecule has 0 fully saturated rings. The monoisotopic (exact) mass is 363 g/mol. The molecule has 1 amide bonds. The van der Waals surface area contributed by atoms with Crippen molar-refractivity contribution in [3.63, 3.8) is 0 Å². The first-order valence-corrected chi connectivity index (χ1v) is 9.48. The van der Waals surface area contributed by atoms with Crippen LogP contribution in [0.4, 0.5) is 5.69 Å². The Morgan fingerprint density at radius 2 is 1.81 bits per heavy atom. The van der Waals surface area contributed by atoms with E-state index in [0.29, 0.717) is 12.2 Å². The van der Waals surface area contributed by atoms with E-state index in [1.807, 2.05) is 61.5 Å². The number of nitrogens with zero attached hydrogens (tertiary/aromatic N) is 2. The maximum Gasteiger partial charge on any atom is 0.225 e. The van der Waals surface area contributed by atoms with Crippen molar-refractivity contribution in [1.29, 1.82) is 0 Å². The van der Waals surface area contributed by atoms with Crippen LogP contribution in [0.2, 0.25) is 0 Å². The van der Waals surface area contributed by atoms with E-state index in [1.54, 1.807) is 18.1 Å². The Morgan fingerprint density at radius 1 is 1.00 bits per heavy atom. The molecular formula is C21H21N3OS. The van der Waals surface area contributed by atoms with Crippen molar-refractivity contribution < 1.29 is 4.79 Å². The van der Waals surface area contributed by atoms with Crippen LogP contribution in [-0.2, 0) is 4.79 Å². The van der Waals surface area contributed by atoms with Crippen molar-refractivity contribution in [2.75, 3.05) is 11.1 Å². The molecule has 0 unspecified atom stereocenters. The van der Waals surface area contributed by atoms with Gasteiger partial charge in [0.2, 0.25) is 5.91 Å². The van der Waals surface area contributed by atoms with Crippen molar-refractivity contribution in [1.82, 2.24) is 9.97 Å². The minimum absolute atomic E-state index is 0.0121. The molecule has 1 aromatic heterocycles. The molecule has 0 aliphatic heterocycles. The summed E-state index contributed by atoms with van der Waals surface area (Å²) in [6, 6.07) is 17.9. The van der Waals surface area contributed by atoms with Gasteiger partial charge in [0, 0.05) is 23.4 Å². The number of hydrogen-bond acceptors (Lipinski definition) is 4. The molecular weight excluding hydrogens is 342 g/mol. The summed E-state index contributed by atoms with van der Waals surface area (Å²) in [5, 5.41) is 3.82. The second-order valence-corrected chi connectivity index (χ2v) is 7.17. The van der Waals surface area contributed by atoms with Gasteiger partial charge in [0.05, 0.1) is 10.7 Å². The molecule has 2 aromatic carbocycles. The lowest BCUT2D eigenvalue weighted by Gasteiger charge is -2.08. The van der Waals surface area contributed by atoms with Gasteiger partial charge in [-0.2, -0.15) is 0 Å². The molecule has 0 saturated carbocycles. The number of amides is 1. The molecule has 1 heterocycles.